The van der Waals surface area contributed by atoms with Crippen LogP contribution in [-0.2, 0) is 0 Å². The molecule has 13 heavy (non-hydrogen) atoms. The van der Waals surface area contributed by atoms with Crippen LogP contribution >= 0.6 is 27.5 Å². The molecule has 1 nitrogen and oxygen atoms in total. The fourth-order valence-electron chi connectivity index (χ4n) is 0.864. The average Bonchev–Trinajstić information content (AvgIpc) is 2.12. The Morgan fingerprint density at radius 3 is 2.92 bits per heavy atom. The lowest BCUT2D eigenvalue weighted by Crippen LogP contribution is -1.73. The molecule has 3 heteroatoms. The highest BCUT2D eigenvalue weighted by Crippen LogP contribution is 2.23. The summed E-state index contributed by atoms with van der Waals surface area (Å²) in [6.45, 7) is 0. The van der Waals surface area contributed by atoms with Crippen molar-refractivity contribution in [1.29, 1.82) is 5.26 Å². The normalized spacial score (nSPS) is 10.2. The average molecular weight is 257 g/mol. The van der Waals surface area contributed by atoms with Crippen molar-refractivity contribution in [1.82, 2.24) is 0 Å². The molecule has 0 heterocycles. The number of hydrogen-bond acceptors (Lipinski definition) is 1. The van der Waals surface area contributed by atoms with E-state index in [1.807, 2.05) is 30.3 Å². The fourth-order valence-corrected chi connectivity index (χ4v) is 1.30. The summed E-state index contributed by atoms with van der Waals surface area (Å²) in [4.78, 5) is 0. The lowest BCUT2D eigenvalue weighted by atomic mass is 10.2. The number of benzene rings is 1. The van der Waals surface area contributed by atoms with Gasteiger partial charge in [-0.3, -0.25) is 0 Å². The highest BCUT2D eigenvalue weighted by Gasteiger charge is 1.95. The van der Waals surface area contributed by atoms with Gasteiger partial charge in [-0.1, -0.05) is 29.8 Å². The van der Waals surface area contributed by atoms with E-state index in [0.29, 0.717) is 11.4 Å². The van der Waals surface area contributed by atoms with Crippen LogP contribution in [0.1, 0.15) is 12.0 Å². The predicted octanol–water partition coefficient (Wildman–Crippen LogP) is 4.03. The van der Waals surface area contributed by atoms with Gasteiger partial charge in [0.25, 0.3) is 0 Å². The number of halogens is 2. The Morgan fingerprint density at radius 1 is 1.54 bits per heavy atom. The second-order valence-corrected chi connectivity index (χ2v) is 3.70. The zero-order valence-electron chi connectivity index (χ0n) is 6.80. The van der Waals surface area contributed by atoms with Gasteiger partial charge in [0.05, 0.1) is 17.5 Å². The SMILES string of the molecule is N#CCC=Cc1ccc(Br)c(Cl)c1. The standard InChI is InChI=1S/C10H7BrClN/c11-9-5-4-8(7-10(9)12)3-1-2-6-13/h1,3-5,7H,2H2. The van der Waals surface area contributed by atoms with Crippen LogP contribution in [0.3, 0.4) is 0 Å². The Bertz CT molecular complexity index is 366. The number of rotatable bonds is 2. The summed E-state index contributed by atoms with van der Waals surface area (Å²) in [5, 5.41) is 8.99. The first kappa shape index (κ1) is 10.3. The van der Waals surface area contributed by atoms with Gasteiger partial charge in [-0.05, 0) is 33.6 Å². The minimum absolute atomic E-state index is 0.424. The van der Waals surface area contributed by atoms with E-state index in [1.165, 1.54) is 0 Å². The summed E-state index contributed by atoms with van der Waals surface area (Å²) in [6.07, 6.45) is 4.11. The maximum Gasteiger partial charge on any atom is 0.0663 e. The molecule has 0 aromatic heterocycles. The van der Waals surface area contributed by atoms with Crippen LogP contribution in [0.15, 0.2) is 28.7 Å². The molecule has 0 atom stereocenters. The predicted molar refractivity (Wildman–Crippen MR) is 58.4 cm³/mol. The smallest absolute Gasteiger partial charge is 0.0663 e. The first-order chi connectivity index (χ1) is 6.24. The van der Waals surface area contributed by atoms with Gasteiger partial charge >= 0.3 is 0 Å². The second kappa shape index (κ2) is 5.06. The van der Waals surface area contributed by atoms with Gasteiger partial charge in [-0.15, -0.1) is 0 Å². The Labute approximate surface area is 90.8 Å². The topological polar surface area (TPSA) is 23.8 Å². The highest BCUT2D eigenvalue weighted by atomic mass is 79.9. The summed E-state index contributed by atoms with van der Waals surface area (Å²) in [7, 11) is 0. The first-order valence-electron chi connectivity index (χ1n) is 3.72. The van der Waals surface area contributed by atoms with Crippen molar-refractivity contribution < 1.29 is 0 Å². The first-order valence-corrected chi connectivity index (χ1v) is 4.89. The van der Waals surface area contributed by atoms with Crippen LogP contribution in [-0.4, -0.2) is 0 Å². The van der Waals surface area contributed by atoms with E-state index in [0.717, 1.165) is 10.0 Å². The van der Waals surface area contributed by atoms with Crippen molar-refractivity contribution in [2.45, 2.75) is 6.42 Å². The molecule has 1 rings (SSSR count). The molecule has 1 aromatic carbocycles. The largest absolute Gasteiger partial charge is 0.198 e. The summed E-state index contributed by atoms with van der Waals surface area (Å²) in [5.41, 5.74) is 1.00. The van der Waals surface area contributed by atoms with Gasteiger partial charge < -0.3 is 0 Å². The third-order valence-electron chi connectivity index (χ3n) is 1.46. The quantitative estimate of drug-likeness (QED) is 0.784. The van der Waals surface area contributed by atoms with Crippen LogP contribution in [0.5, 0.6) is 0 Å². The van der Waals surface area contributed by atoms with Crippen LogP contribution in [0.25, 0.3) is 6.08 Å². The third-order valence-corrected chi connectivity index (χ3v) is 2.70. The molecule has 66 valence electrons. The Balaban J connectivity index is 2.81. The molecule has 0 saturated carbocycles. The van der Waals surface area contributed by atoms with Crippen molar-refractivity contribution >= 4 is 33.6 Å². The monoisotopic (exact) mass is 255 g/mol. The van der Waals surface area contributed by atoms with E-state index in [9.17, 15) is 0 Å². The molecular formula is C10H7BrClN. The molecule has 0 amide bonds. The highest BCUT2D eigenvalue weighted by molar-refractivity contribution is 9.10. The molecule has 0 aliphatic heterocycles. The van der Waals surface area contributed by atoms with Gasteiger partial charge in [-0.25, -0.2) is 0 Å². The maximum atomic E-state index is 8.31. The molecule has 0 bridgehead atoms. The summed E-state index contributed by atoms with van der Waals surface area (Å²) >= 11 is 9.18. The Morgan fingerprint density at radius 2 is 2.31 bits per heavy atom. The number of nitrogens with zero attached hydrogens (tertiary/aromatic N) is 1. The third kappa shape index (κ3) is 3.22. The minimum atomic E-state index is 0.424. The Hall–Kier alpha value is -0.780. The molecule has 0 aliphatic carbocycles. The molecule has 1 aromatic rings. The Kier molecular flexibility index (Phi) is 4.01. The number of hydrogen-bond donors (Lipinski definition) is 0. The maximum absolute atomic E-state index is 8.31. The zero-order chi connectivity index (χ0) is 9.68. The van der Waals surface area contributed by atoms with Gasteiger partial charge in [0, 0.05) is 4.47 Å². The summed E-state index contributed by atoms with van der Waals surface area (Å²) in [6, 6.07) is 7.70. The lowest BCUT2D eigenvalue weighted by Gasteiger charge is -1.96. The molecule has 0 fully saturated rings. The van der Waals surface area contributed by atoms with Crippen molar-refractivity contribution in [3.8, 4) is 6.07 Å². The van der Waals surface area contributed by atoms with Crippen LogP contribution in [0.2, 0.25) is 5.02 Å². The zero-order valence-corrected chi connectivity index (χ0v) is 9.14. The van der Waals surface area contributed by atoms with Crippen molar-refractivity contribution in [2.75, 3.05) is 0 Å². The van der Waals surface area contributed by atoms with Gasteiger partial charge in [-0.2, -0.15) is 5.26 Å². The summed E-state index contributed by atoms with van der Waals surface area (Å²) in [5.74, 6) is 0. The van der Waals surface area contributed by atoms with Crippen LogP contribution in [0, 0.1) is 11.3 Å². The molecule has 0 spiro atoms. The summed E-state index contributed by atoms with van der Waals surface area (Å²) < 4.78 is 0.881. The minimum Gasteiger partial charge on any atom is -0.198 e. The van der Waals surface area contributed by atoms with Crippen LogP contribution < -0.4 is 0 Å². The van der Waals surface area contributed by atoms with Crippen molar-refractivity contribution in [3.63, 3.8) is 0 Å². The van der Waals surface area contributed by atoms with Gasteiger partial charge in [0.2, 0.25) is 0 Å². The van der Waals surface area contributed by atoms with E-state index in [-0.39, 0.29) is 0 Å². The molecule has 0 unspecified atom stereocenters. The number of allylic oxidation sites excluding steroid dienone is 1. The fraction of sp³-hybridized carbons (Fsp3) is 0.100. The van der Waals surface area contributed by atoms with E-state index in [4.69, 9.17) is 16.9 Å². The van der Waals surface area contributed by atoms with E-state index >= 15 is 0 Å². The lowest BCUT2D eigenvalue weighted by molar-refractivity contribution is 1.36. The van der Waals surface area contributed by atoms with E-state index in [2.05, 4.69) is 15.9 Å². The number of nitriles is 1. The van der Waals surface area contributed by atoms with E-state index < -0.39 is 0 Å². The molecule has 0 aliphatic rings. The molecule has 0 radical (unpaired) electrons. The van der Waals surface area contributed by atoms with Crippen molar-refractivity contribution in [2.24, 2.45) is 0 Å². The molecule has 0 saturated heterocycles. The molecular weight excluding hydrogens is 249 g/mol. The second-order valence-electron chi connectivity index (χ2n) is 2.44. The van der Waals surface area contributed by atoms with Crippen LogP contribution in [0.4, 0.5) is 0 Å². The molecule has 0 N–H and O–H groups in total. The van der Waals surface area contributed by atoms with Crippen molar-refractivity contribution in [3.05, 3.63) is 39.3 Å². The van der Waals surface area contributed by atoms with Gasteiger partial charge in [0.15, 0.2) is 0 Å². The van der Waals surface area contributed by atoms with E-state index in [1.54, 1.807) is 6.08 Å². The van der Waals surface area contributed by atoms with Gasteiger partial charge in [0.1, 0.15) is 0 Å².